The minimum atomic E-state index is -0.117. The summed E-state index contributed by atoms with van der Waals surface area (Å²) in [5, 5.41) is 5.78. The van der Waals surface area contributed by atoms with Crippen molar-refractivity contribution in [3.8, 4) is 0 Å². The predicted molar refractivity (Wildman–Crippen MR) is 68.4 cm³/mol. The molecule has 0 aromatic carbocycles. The Kier molecular flexibility index (Phi) is 3.90. The third-order valence-electron chi connectivity index (χ3n) is 2.54. The van der Waals surface area contributed by atoms with Crippen molar-refractivity contribution in [3.63, 3.8) is 0 Å². The van der Waals surface area contributed by atoms with Crippen LogP contribution in [0.5, 0.6) is 0 Å². The molecule has 0 aliphatic carbocycles. The molecule has 6 heteroatoms. The van der Waals surface area contributed by atoms with Crippen LogP contribution in [0.3, 0.4) is 0 Å². The number of hydrogen-bond donors (Lipinski definition) is 3. The highest BCUT2D eigenvalue weighted by atomic mass is 16.1. The zero-order valence-electron chi connectivity index (χ0n) is 10.1. The molecule has 2 heterocycles. The van der Waals surface area contributed by atoms with Gasteiger partial charge in [0.05, 0.1) is 17.4 Å². The van der Waals surface area contributed by atoms with E-state index in [2.05, 4.69) is 25.6 Å². The number of anilines is 1. The molecule has 0 aliphatic rings. The van der Waals surface area contributed by atoms with E-state index in [-0.39, 0.29) is 5.91 Å². The van der Waals surface area contributed by atoms with Gasteiger partial charge in [-0.3, -0.25) is 9.78 Å². The van der Waals surface area contributed by atoms with Crippen molar-refractivity contribution in [1.82, 2.24) is 20.3 Å². The molecule has 0 radical (unpaired) electrons. The molecule has 0 aliphatic heterocycles. The minimum absolute atomic E-state index is 0.117. The number of carbonyl (C=O) groups excluding carboxylic acids is 1. The van der Waals surface area contributed by atoms with Gasteiger partial charge in [0.15, 0.2) is 0 Å². The predicted octanol–water partition coefficient (Wildman–Crippen LogP) is 0.819. The van der Waals surface area contributed by atoms with E-state index in [9.17, 15) is 4.79 Å². The Morgan fingerprint density at radius 1 is 1.44 bits per heavy atom. The highest BCUT2D eigenvalue weighted by Gasteiger charge is 2.09. The zero-order valence-corrected chi connectivity index (χ0v) is 10.1. The highest BCUT2D eigenvalue weighted by molar-refractivity contribution is 5.99. The Hall–Kier alpha value is -2.37. The van der Waals surface area contributed by atoms with Gasteiger partial charge in [-0.2, -0.15) is 0 Å². The fourth-order valence-corrected chi connectivity index (χ4v) is 1.62. The number of H-pyrrole nitrogens is 1. The molecule has 3 N–H and O–H groups in total. The van der Waals surface area contributed by atoms with Crippen molar-refractivity contribution >= 4 is 11.6 Å². The number of hydrogen-bond acceptors (Lipinski definition) is 4. The van der Waals surface area contributed by atoms with Crippen molar-refractivity contribution in [1.29, 1.82) is 0 Å². The Balaban J connectivity index is 1.91. The van der Waals surface area contributed by atoms with Crippen LogP contribution < -0.4 is 10.6 Å². The second-order valence-corrected chi connectivity index (χ2v) is 3.71. The van der Waals surface area contributed by atoms with Gasteiger partial charge >= 0.3 is 0 Å². The maximum Gasteiger partial charge on any atom is 0.253 e. The number of aromatic amines is 1. The molecule has 0 bridgehead atoms. The van der Waals surface area contributed by atoms with Crippen LogP contribution in [0.1, 0.15) is 16.2 Å². The molecule has 18 heavy (non-hydrogen) atoms. The van der Waals surface area contributed by atoms with E-state index in [1.807, 2.05) is 0 Å². The molecule has 2 aromatic heterocycles. The van der Waals surface area contributed by atoms with Gasteiger partial charge in [-0.25, -0.2) is 4.98 Å². The quantitative estimate of drug-likeness (QED) is 0.728. The van der Waals surface area contributed by atoms with Crippen molar-refractivity contribution < 1.29 is 4.79 Å². The molecule has 0 fully saturated rings. The van der Waals surface area contributed by atoms with Crippen molar-refractivity contribution in [2.45, 2.75) is 6.42 Å². The molecule has 1 amide bonds. The summed E-state index contributed by atoms with van der Waals surface area (Å²) in [5.41, 5.74) is 1.31. The number of carbonyl (C=O) groups is 1. The van der Waals surface area contributed by atoms with E-state index >= 15 is 0 Å². The molecular formula is C12H15N5O. The van der Waals surface area contributed by atoms with Gasteiger partial charge in [0.1, 0.15) is 5.82 Å². The Labute approximate surface area is 105 Å². The fourth-order valence-electron chi connectivity index (χ4n) is 1.62. The molecule has 2 rings (SSSR count). The van der Waals surface area contributed by atoms with Gasteiger partial charge < -0.3 is 15.6 Å². The van der Waals surface area contributed by atoms with Crippen molar-refractivity contribution in [3.05, 3.63) is 42.2 Å². The molecule has 0 saturated carbocycles. The number of nitrogens with zero attached hydrogens (tertiary/aromatic N) is 2. The third-order valence-corrected chi connectivity index (χ3v) is 2.54. The van der Waals surface area contributed by atoms with Gasteiger partial charge in [0, 0.05) is 38.6 Å². The Morgan fingerprint density at radius 2 is 2.33 bits per heavy atom. The van der Waals surface area contributed by atoms with Crippen LogP contribution in [0, 0.1) is 0 Å². The lowest BCUT2D eigenvalue weighted by Gasteiger charge is -2.08. The molecule has 6 nitrogen and oxygen atoms in total. The summed E-state index contributed by atoms with van der Waals surface area (Å²) in [5.74, 6) is 0.743. The van der Waals surface area contributed by atoms with Crippen LogP contribution in [-0.4, -0.2) is 34.5 Å². The van der Waals surface area contributed by atoms with Crippen LogP contribution in [0.2, 0.25) is 0 Å². The highest BCUT2D eigenvalue weighted by Crippen LogP contribution is 2.11. The molecule has 2 aromatic rings. The van der Waals surface area contributed by atoms with Crippen molar-refractivity contribution in [2.24, 2.45) is 0 Å². The lowest BCUT2D eigenvalue weighted by molar-refractivity contribution is 0.0954. The average Bonchev–Trinajstić information content (AvgIpc) is 2.91. The molecule has 94 valence electrons. The SMILES string of the molecule is CNc1cnccc1C(=O)NCCc1ncc[nH]1. The van der Waals surface area contributed by atoms with E-state index in [1.165, 1.54) is 0 Å². The van der Waals surface area contributed by atoms with Crippen molar-refractivity contribution in [2.75, 3.05) is 18.9 Å². The number of pyridine rings is 1. The Bertz CT molecular complexity index is 509. The first-order valence-corrected chi connectivity index (χ1v) is 5.69. The largest absolute Gasteiger partial charge is 0.386 e. The topological polar surface area (TPSA) is 82.7 Å². The van der Waals surface area contributed by atoms with E-state index < -0.39 is 0 Å². The van der Waals surface area contributed by atoms with Crippen LogP contribution in [0.15, 0.2) is 30.9 Å². The summed E-state index contributed by atoms with van der Waals surface area (Å²) in [4.78, 5) is 23.0. The average molecular weight is 245 g/mol. The molecule has 0 spiro atoms. The monoisotopic (exact) mass is 245 g/mol. The zero-order chi connectivity index (χ0) is 12.8. The van der Waals surface area contributed by atoms with E-state index in [4.69, 9.17) is 0 Å². The molecule has 0 saturated heterocycles. The summed E-state index contributed by atoms with van der Waals surface area (Å²) in [7, 11) is 1.76. The van der Waals surface area contributed by atoms with Gasteiger partial charge in [-0.1, -0.05) is 0 Å². The number of amides is 1. The second kappa shape index (κ2) is 5.81. The molecule has 0 atom stereocenters. The van der Waals surface area contributed by atoms with Crippen LogP contribution in [0.4, 0.5) is 5.69 Å². The first-order valence-electron chi connectivity index (χ1n) is 5.69. The van der Waals surface area contributed by atoms with Crippen LogP contribution in [-0.2, 0) is 6.42 Å². The van der Waals surface area contributed by atoms with E-state index in [0.29, 0.717) is 24.2 Å². The lowest BCUT2D eigenvalue weighted by atomic mass is 10.2. The second-order valence-electron chi connectivity index (χ2n) is 3.71. The fraction of sp³-hybridized carbons (Fsp3) is 0.250. The number of nitrogens with one attached hydrogen (secondary N) is 3. The summed E-state index contributed by atoms with van der Waals surface area (Å²) >= 11 is 0. The number of aromatic nitrogens is 3. The van der Waals surface area contributed by atoms with Crippen LogP contribution >= 0.6 is 0 Å². The lowest BCUT2D eigenvalue weighted by Crippen LogP contribution is -2.26. The van der Waals surface area contributed by atoms with Gasteiger partial charge in [-0.05, 0) is 6.07 Å². The van der Waals surface area contributed by atoms with E-state index in [0.717, 1.165) is 5.82 Å². The van der Waals surface area contributed by atoms with E-state index in [1.54, 1.807) is 37.9 Å². The minimum Gasteiger partial charge on any atom is -0.386 e. The standard InChI is InChI=1S/C12H15N5O/c1-13-10-8-14-4-2-9(10)12(18)17-5-3-11-15-6-7-16-11/h2,4,6-8,13H,3,5H2,1H3,(H,15,16)(H,17,18). The molecule has 0 unspecified atom stereocenters. The molecular weight excluding hydrogens is 230 g/mol. The number of rotatable bonds is 5. The van der Waals surface area contributed by atoms with Crippen LogP contribution in [0.25, 0.3) is 0 Å². The third kappa shape index (κ3) is 2.85. The summed E-state index contributed by atoms with van der Waals surface area (Å²) in [6.07, 6.45) is 7.36. The normalized spacial score (nSPS) is 10.1. The van der Waals surface area contributed by atoms with Gasteiger partial charge in [0.25, 0.3) is 5.91 Å². The first-order chi connectivity index (χ1) is 8.81. The summed E-state index contributed by atoms with van der Waals surface area (Å²) in [6, 6.07) is 1.69. The maximum absolute atomic E-state index is 11.9. The summed E-state index contributed by atoms with van der Waals surface area (Å²) < 4.78 is 0. The smallest absolute Gasteiger partial charge is 0.253 e. The van der Waals surface area contributed by atoms with Gasteiger partial charge in [0.2, 0.25) is 0 Å². The Morgan fingerprint density at radius 3 is 3.06 bits per heavy atom. The number of imidazole rings is 1. The van der Waals surface area contributed by atoms with Gasteiger partial charge in [-0.15, -0.1) is 0 Å². The maximum atomic E-state index is 11.9. The first kappa shape index (κ1) is 12.1. The summed E-state index contributed by atoms with van der Waals surface area (Å²) in [6.45, 7) is 0.540.